The zero-order chi connectivity index (χ0) is 18.8. The molecule has 3 heteroatoms. The average Bonchev–Trinajstić information content (AvgIpc) is 3.12. The fourth-order valence-corrected chi connectivity index (χ4v) is 4.07. The van der Waals surface area contributed by atoms with Crippen LogP contribution < -0.4 is 4.74 Å². The Labute approximate surface area is 165 Å². The lowest BCUT2D eigenvalue weighted by molar-refractivity contribution is 0.243. The van der Waals surface area contributed by atoms with Crippen molar-refractivity contribution < 1.29 is 4.74 Å². The minimum Gasteiger partial charge on any atom is -0.489 e. The highest BCUT2D eigenvalue weighted by molar-refractivity contribution is 5.84. The summed E-state index contributed by atoms with van der Waals surface area (Å²) in [6, 6.07) is 27.4. The summed E-state index contributed by atoms with van der Waals surface area (Å²) in [4.78, 5) is 6.12. The summed E-state index contributed by atoms with van der Waals surface area (Å²) in [5.74, 6) is 0.921. The van der Waals surface area contributed by atoms with Gasteiger partial charge < -0.3 is 9.72 Å². The average molecular weight is 368 g/mol. The van der Waals surface area contributed by atoms with Crippen molar-refractivity contribution in [3.8, 4) is 5.75 Å². The van der Waals surface area contributed by atoms with Crippen LogP contribution in [0.1, 0.15) is 22.4 Å². The van der Waals surface area contributed by atoms with Crippen LogP contribution in [0.25, 0.3) is 10.9 Å². The fraction of sp³-hybridized carbons (Fsp3) is 0.200. The molecule has 4 aromatic rings. The number of nitrogens with zero attached hydrogens (tertiary/aromatic N) is 1. The molecule has 0 bridgehead atoms. The van der Waals surface area contributed by atoms with E-state index in [1.807, 2.05) is 18.2 Å². The fourth-order valence-electron chi connectivity index (χ4n) is 4.07. The Kier molecular flexibility index (Phi) is 4.59. The molecule has 3 nitrogen and oxygen atoms in total. The van der Waals surface area contributed by atoms with Crippen LogP contribution in [0, 0.1) is 0 Å². The Bertz CT molecular complexity index is 1070. The van der Waals surface area contributed by atoms with E-state index in [1.165, 1.54) is 33.3 Å². The summed E-state index contributed by atoms with van der Waals surface area (Å²) in [6.07, 6.45) is 1.11. The Morgan fingerprint density at radius 3 is 2.46 bits per heavy atom. The third-order valence-electron chi connectivity index (χ3n) is 5.54. The Morgan fingerprint density at radius 1 is 0.821 bits per heavy atom. The number of para-hydroxylation sites is 1. The van der Waals surface area contributed by atoms with E-state index >= 15 is 0 Å². The molecule has 1 aliphatic rings. The van der Waals surface area contributed by atoms with Gasteiger partial charge in [-0.05, 0) is 41.3 Å². The number of aromatic amines is 1. The number of hydrogen-bond acceptors (Lipinski definition) is 2. The molecular formula is C25H24N2O. The number of aromatic nitrogens is 1. The third-order valence-corrected chi connectivity index (χ3v) is 5.54. The van der Waals surface area contributed by atoms with Crippen LogP contribution in [0.5, 0.6) is 5.75 Å². The molecule has 140 valence electrons. The highest BCUT2D eigenvalue weighted by Crippen LogP contribution is 2.28. The molecule has 1 N–H and O–H groups in total. The van der Waals surface area contributed by atoms with Crippen molar-refractivity contribution >= 4 is 10.9 Å². The van der Waals surface area contributed by atoms with Gasteiger partial charge in [-0.1, -0.05) is 60.7 Å². The largest absolute Gasteiger partial charge is 0.489 e. The molecule has 0 radical (unpaired) electrons. The standard InChI is InChI=1S/C25H24N2O/c1-2-6-20(7-3-1)18-28-21-12-10-19(11-13-21)16-27-15-14-23-22-8-4-5-9-24(22)26-25(23)17-27/h1-13,26H,14-18H2. The van der Waals surface area contributed by atoms with Crippen LogP contribution in [0.4, 0.5) is 0 Å². The van der Waals surface area contributed by atoms with E-state index in [2.05, 4.69) is 70.5 Å². The first-order chi connectivity index (χ1) is 13.8. The number of rotatable bonds is 5. The van der Waals surface area contributed by atoms with Crippen LogP contribution in [0.15, 0.2) is 78.9 Å². The molecule has 0 saturated carbocycles. The molecule has 5 rings (SSSR count). The van der Waals surface area contributed by atoms with Crippen LogP contribution in [0.2, 0.25) is 0 Å². The van der Waals surface area contributed by atoms with Crippen LogP contribution in [-0.4, -0.2) is 16.4 Å². The lowest BCUT2D eigenvalue weighted by atomic mass is 10.0. The van der Waals surface area contributed by atoms with Crippen molar-refractivity contribution in [3.63, 3.8) is 0 Å². The number of hydrogen-bond donors (Lipinski definition) is 1. The summed E-state index contributed by atoms with van der Waals surface area (Å²) in [5, 5.41) is 1.39. The van der Waals surface area contributed by atoms with Crippen molar-refractivity contribution in [2.75, 3.05) is 6.54 Å². The van der Waals surface area contributed by atoms with E-state index < -0.39 is 0 Å². The maximum atomic E-state index is 5.90. The van der Waals surface area contributed by atoms with E-state index in [4.69, 9.17) is 4.74 Å². The van der Waals surface area contributed by atoms with Crippen LogP contribution >= 0.6 is 0 Å². The molecule has 0 fully saturated rings. The monoisotopic (exact) mass is 368 g/mol. The third kappa shape index (κ3) is 3.54. The first-order valence-electron chi connectivity index (χ1n) is 9.92. The van der Waals surface area contributed by atoms with Crippen molar-refractivity contribution in [1.82, 2.24) is 9.88 Å². The second kappa shape index (κ2) is 7.53. The van der Waals surface area contributed by atoms with Gasteiger partial charge in [-0.15, -0.1) is 0 Å². The van der Waals surface area contributed by atoms with Gasteiger partial charge in [-0.25, -0.2) is 0 Å². The van der Waals surface area contributed by atoms with Crippen molar-refractivity contribution in [1.29, 1.82) is 0 Å². The summed E-state index contributed by atoms with van der Waals surface area (Å²) in [6.45, 7) is 3.65. The minimum atomic E-state index is 0.607. The number of ether oxygens (including phenoxy) is 1. The van der Waals surface area contributed by atoms with E-state index in [-0.39, 0.29) is 0 Å². The van der Waals surface area contributed by atoms with Gasteiger partial charge in [0, 0.05) is 36.2 Å². The molecule has 2 heterocycles. The lowest BCUT2D eigenvalue weighted by Gasteiger charge is -2.27. The summed E-state index contributed by atoms with van der Waals surface area (Å²) >= 11 is 0. The zero-order valence-corrected chi connectivity index (χ0v) is 15.9. The molecule has 0 amide bonds. The highest BCUT2D eigenvalue weighted by Gasteiger charge is 2.20. The molecule has 28 heavy (non-hydrogen) atoms. The molecule has 0 aliphatic carbocycles. The highest BCUT2D eigenvalue weighted by atomic mass is 16.5. The Morgan fingerprint density at radius 2 is 1.61 bits per heavy atom. The first kappa shape index (κ1) is 17.1. The van der Waals surface area contributed by atoms with Gasteiger partial charge in [0.25, 0.3) is 0 Å². The molecule has 0 atom stereocenters. The summed E-state index contributed by atoms with van der Waals surface area (Å²) in [5.41, 5.74) is 6.64. The first-order valence-corrected chi connectivity index (χ1v) is 9.92. The second-order valence-electron chi connectivity index (χ2n) is 7.51. The zero-order valence-electron chi connectivity index (χ0n) is 15.9. The number of nitrogens with one attached hydrogen (secondary N) is 1. The molecule has 0 saturated heterocycles. The van der Waals surface area contributed by atoms with Gasteiger partial charge in [0.05, 0.1) is 0 Å². The minimum absolute atomic E-state index is 0.607. The summed E-state index contributed by atoms with van der Waals surface area (Å²) < 4.78 is 5.90. The number of fused-ring (bicyclic) bond motifs is 3. The maximum absolute atomic E-state index is 5.90. The predicted molar refractivity (Wildman–Crippen MR) is 113 cm³/mol. The molecule has 1 aromatic heterocycles. The lowest BCUT2D eigenvalue weighted by Crippen LogP contribution is -2.29. The van der Waals surface area contributed by atoms with Gasteiger partial charge in [0.15, 0.2) is 0 Å². The smallest absolute Gasteiger partial charge is 0.119 e. The SMILES string of the molecule is c1ccc(COc2ccc(CN3CCc4c([nH]c5ccccc45)C3)cc2)cc1. The Balaban J connectivity index is 1.22. The summed E-state index contributed by atoms with van der Waals surface area (Å²) in [7, 11) is 0. The quantitative estimate of drug-likeness (QED) is 0.517. The van der Waals surface area contributed by atoms with Crippen LogP contribution in [0.3, 0.4) is 0 Å². The molecule has 1 aliphatic heterocycles. The second-order valence-corrected chi connectivity index (χ2v) is 7.51. The Hall–Kier alpha value is -3.04. The van der Waals surface area contributed by atoms with Gasteiger partial charge in [0.1, 0.15) is 12.4 Å². The van der Waals surface area contributed by atoms with E-state index in [0.717, 1.165) is 31.8 Å². The van der Waals surface area contributed by atoms with Gasteiger partial charge >= 0.3 is 0 Å². The number of benzene rings is 3. The van der Waals surface area contributed by atoms with Gasteiger partial charge in [-0.3, -0.25) is 4.90 Å². The topological polar surface area (TPSA) is 28.3 Å². The van der Waals surface area contributed by atoms with Crippen molar-refractivity contribution in [2.24, 2.45) is 0 Å². The molecule has 0 unspecified atom stereocenters. The normalized spacial score (nSPS) is 14.1. The maximum Gasteiger partial charge on any atom is 0.119 e. The number of H-pyrrole nitrogens is 1. The molecule has 0 spiro atoms. The van der Waals surface area contributed by atoms with Crippen LogP contribution in [-0.2, 0) is 26.1 Å². The van der Waals surface area contributed by atoms with E-state index in [1.54, 1.807) is 0 Å². The van der Waals surface area contributed by atoms with E-state index in [0.29, 0.717) is 6.61 Å². The molecule has 3 aromatic carbocycles. The van der Waals surface area contributed by atoms with Gasteiger partial charge in [-0.2, -0.15) is 0 Å². The van der Waals surface area contributed by atoms with Gasteiger partial charge in [0.2, 0.25) is 0 Å². The van der Waals surface area contributed by atoms with Crippen molar-refractivity contribution in [2.45, 2.75) is 26.1 Å². The molecular weight excluding hydrogens is 344 g/mol. The van der Waals surface area contributed by atoms with Crippen molar-refractivity contribution in [3.05, 3.63) is 101 Å². The van der Waals surface area contributed by atoms with E-state index in [9.17, 15) is 0 Å². The predicted octanol–water partition coefficient (Wildman–Crippen LogP) is 5.31.